The Morgan fingerprint density at radius 2 is 1.78 bits per heavy atom. The fourth-order valence-corrected chi connectivity index (χ4v) is 3.09. The Labute approximate surface area is 160 Å². The summed E-state index contributed by atoms with van der Waals surface area (Å²) in [5, 5.41) is 6.45. The van der Waals surface area contributed by atoms with Crippen molar-refractivity contribution in [2.75, 3.05) is 31.7 Å². The van der Waals surface area contributed by atoms with Gasteiger partial charge in [-0.1, -0.05) is 30.3 Å². The minimum absolute atomic E-state index is 0.445. The van der Waals surface area contributed by atoms with Gasteiger partial charge in [0.05, 0.1) is 19.1 Å². The van der Waals surface area contributed by atoms with Crippen LogP contribution in [0.2, 0.25) is 0 Å². The van der Waals surface area contributed by atoms with Gasteiger partial charge in [0.1, 0.15) is 5.75 Å². The highest BCUT2D eigenvalue weighted by Gasteiger charge is 2.07. The molecule has 0 saturated heterocycles. The van der Waals surface area contributed by atoms with Crippen molar-refractivity contribution >= 4 is 21.7 Å². The molecule has 0 spiro atoms. The lowest BCUT2D eigenvalue weighted by Crippen LogP contribution is -2.38. The minimum atomic E-state index is -3.33. The van der Waals surface area contributed by atoms with E-state index in [2.05, 4.69) is 20.3 Å². The van der Waals surface area contributed by atoms with Crippen molar-refractivity contribution in [1.82, 2.24) is 10.6 Å². The van der Waals surface area contributed by atoms with Crippen LogP contribution in [-0.2, 0) is 23.0 Å². The third kappa shape index (κ3) is 7.18. The first kappa shape index (κ1) is 20.6. The first-order chi connectivity index (χ1) is 12.9. The molecule has 0 amide bonds. The maximum atomic E-state index is 11.5. The van der Waals surface area contributed by atoms with Crippen molar-refractivity contribution in [2.45, 2.75) is 13.0 Å². The Hall–Kier alpha value is -2.74. The van der Waals surface area contributed by atoms with Crippen LogP contribution in [0.1, 0.15) is 11.1 Å². The van der Waals surface area contributed by atoms with Crippen LogP contribution in [0.25, 0.3) is 0 Å². The zero-order chi connectivity index (χ0) is 19.7. The summed E-state index contributed by atoms with van der Waals surface area (Å²) in [5.74, 6) is 1.49. The molecule has 0 aromatic heterocycles. The van der Waals surface area contributed by atoms with Crippen LogP contribution in [0.5, 0.6) is 5.75 Å². The summed E-state index contributed by atoms with van der Waals surface area (Å²) in [7, 11) is 0.0201. The molecule has 0 aliphatic heterocycles. The van der Waals surface area contributed by atoms with Gasteiger partial charge in [0.2, 0.25) is 10.0 Å². The summed E-state index contributed by atoms with van der Waals surface area (Å²) in [5.41, 5.74) is 2.59. The number of sulfonamides is 1. The monoisotopic (exact) mass is 390 g/mol. The number of rotatable bonds is 8. The van der Waals surface area contributed by atoms with E-state index in [-0.39, 0.29) is 0 Å². The topological polar surface area (TPSA) is 91.8 Å². The number of benzene rings is 2. The van der Waals surface area contributed by atoms with Gasteiger partial charge in [0, 0.05) is 20.1 Å². The number of ether oxygens (including phenoxy) is 1. The van der Waals surface area contributed by atoms with E-state index in [0.29, 0.717) is 18.2 Å². The predicted molar refractivity (Wildman–Crippen MR) is 110 cm³/mol. The van der Waals surface area contributed by atoms with Gasteiger partial charge >= 0.3 is 0 Å². The van der Waals surface area contributed by atoms with E-state index in [1.807, 2.05) is 36.4 Å². The van der Waals surface area contributed by atoms with E-state index >= 15 is 0 Å². The Bertz CT molecular complexity index is 865. The summed E-state index contributed by atoms with van der Waals surface area (Å²) < 4.78 is 30.7. The molecule has 0 unspecified atom stereocenters. The Balaban J connectivity index is 1.87. The second kappa shape index (κ2) is 9.82. The molecule has 0 atom stereocenters. The van der Waals surface area contributed by atoms with E-state index in [1.165, 1.54) is 5.56 Å². The zero-order valence-corrected chi connectivity index (χ0v) is 16.6. The number of methoxy groups -OCH3 is 1. The molecule has 0 saturated carbocycles. The van der Waals surface area contributed by atoms with Crippen molar-refractivity contribution in [1.29, 1.82) is 0 Å². The number of anilines is 1. The van der Waals surface area contributed by atoms with Crippen LogP contribution < -0.4 is 20.1 Å². The zero-order valence-electron chi connectivity index (χ0n) is 15.8. The molecule has 7 nitrogen and oxygen atoms in total. The second-order valence-corrected chi connectivity index (χ2v) is 7.73. The predicted octanol–water partition coefficient (Wildman–Crippen LogP) is 1.97. The number of nitrogens with zero attached hydrogens (tertiary/aromatic N) is 1. The number of aliphatic imine (C=N–C) groups is 1. The first-order valence-electron chi connectivity index (χ1n) is 8.54. The molecule has 0 aliphatic rings. The molecular weight excluding hydrogens is 364 g/mol. The summed E-state index contributed by atoms with van der Waals surface area (Å²) in [4.78, 5) is 4.20. The van der Waals surface area contributed by atoms with E-state index < -0.39 is 10.0 Å². The molecule has 0 aliphatic carbocycles. The minimum Gasteiger partial charge on any atom is -0.497 e. The maximum absolute atomic E-state index is 11.5. The number of hydrogen-bond donors (Lipinski definition) is 3. The Morgan fingerprint density at radius 3 is 2.41 bits per heavy atom. The fourth-order valence-electron chi connectivity index (χ4n) is 2.49. The number of guanidine groups is 1. The first-order valence-corrected chi connectivity index (χ1v) is 10.4. The average molecular weight is 391 g/mol. The molecule has 0 fully saturated rings. The van der Waals surface area contributed by atoms with Gasteiger partial charge in [-0.25, -0.2) is 8.42 Å². The van der Waals surface area contributed by atoms with Gasteiger partial charge in [-0.05, 0) is 35.7 Å². The van der Waals surface area contributed by atoms with Crippen molar-refractivity contribution in [3.8, 4) is 5.75 Å². The van der Waals surface area contributed by atoms with Crippen LogP contribution in [0.15, 0.2) is 53.5 Å². The van der Waals surface area contributed by atoms with Gasteiger partial charge < -0.3 is 15.4 Å². The Morgan fingerprint density at radius 1 is 1.07 bits per heavy atom. The van der Waals surface area contributed by atoms with E-state index in [0.717, 1.165) is 30.5 Å². The second-order valence-electron chi connectivity index (χ2n) is 5.98. The molecule has 27 heavy (non-hydrogen) atoms. The van der Waals surface area contributed by atoms with Crippen molar-refractivity contribution in [3.05, 3.63) is 59.7 Å². The Kier molecular flexibility index (Phi) is 7.48. The number of para-hydroxylation sites is 1. The molecule has 0 bridgehead atoms. The van der Waals surface area contributed by atoms with E-state index in [1.54, 1.807) is 26.3 Å². The molecule has 8 heteroatoms. The maximum Gasteiger partial charge on any atom is 0.229 e. The van der Waals surface area contributed by atoms with Crippen molar-refractivity contribution in [3.63, 3.8) is 0 Å². The SMILES string of the molecule is CN=C(NCCc1ccc(OC)cc1)NCc1ccccc1NS(C)(=O)=O. The van der Waals surface area contributed by atoms with Crippen LogP contribution in [0.3, 0.4) is 0 Å². The standard InChI is InChI=1S/C19H26N4O3S/c1-20-19(21-13-12-15-8-10-17(26-2)11-9-15)22-14-16-6-4-5-7-18(16)23-27(3,24)25/h4-11,23H,12-14H2,1-3H3,(H2,20,21,22). The summed E-state index contributed by atoms with van der Waals surface area (Å²) >= 11 is 0. The van der Waals surface area contributed by atoms with Crippen LogP contribution >= 0.6 is 0 Å². The molecule has 0 heterocycles. The van der Waals surface area contributed by atoms with Gasteiger partial charge in [-0.2, -0.15) is 0 Å². The molecule has 2 aromatic carbocycles. The molecule has 2 aromatic rings. The van der Waals surface area contributed by atoms with Gasteiger partial charge in [-0.15, -0.1) is 0 Å². The summed E-state index contributed by atoms with van der Waals surface area (Å²) in [6, 6.07) is 15.2. The van der Waals surface area contributed by atoms with Crippen molar-refractivity contribution < 1.29 is 13.2 Å². The molecule has 0 radical (unpaired) electrons. The number of hydrogen-bond acceptors (Lipinski definition) is 4. The molecular formula is C19H26N4O3S. The van der Waals surface area contributed by atoms with Gasteiger partial charge in [0.25, 0.3) is 0 Å². The highest BCUT2D eigenvalue weighted by Crippen LogP contribution is 2.16. The molecule has 146 valence electrons. The highest BCUT2D eigenvalue weighted by atomic mass is 32.2. The number of nitrogens with one attached hydrogen (secondary N) is 3. The van der Waals surface area contributed by atoms with Crippen LogP contribution in [0, 0.1) is 0 Å². The molecule has 2 rings (SSSR count). The summed E-state index contributed by atoms with van der Waals surface area (Å²) in [6.07, 6.45) is 1.98. The quantitative estimate of drug-likeness (QED) is 0.473. The fraction of sp³-hybridized carbons (Fsp3) is 0.316. The highest BCUT2D eigenvalue weighted by molar-refractivity contribution is 7.92. The van der Waals surface area contributed by atoms with Gasteiger partial charge in [0.15, 0.2) is 5.96 Å². The van der Waals surface area contributed by atoms with E-state index in [9.17, 15) is 8.42 Å². The smallest absolute Gasteiger partial charge is 0.229 e. The third-order valence-corrected chi connectivity index (χ3v) is 4.44. The van der Waals surface area contributed by atoms with Crippen molar-refractivity contribution in [2.24, 2.45) is 4.99 Å². The largest absolute Gasteiger partial charge is 0.497 e. The summed E-state index contributed by atoms with van der Waals surface area (Å²) in [6.45, 7) is 1.16. The lowest BCUT2D eigenvalue weighted by molar-refractivity contribution is 0.414. The normalized spacial score (nSPS) is 11.7. The average Bonchev–Trinajstić information content (AvgIpc) is 2.65. The third-order valence-electron chi connectivity index (χ3n) is 3.85. The van der Waals surface area contributed by atoms with Crippen LogP contribution in [-0.4, -0.2) is 41.3 Å². The lowest BCUT2D eigenvalue weighted by Gasteiger charge is -2.14. The van der Waals surface area contributed by atoms with Gasteiger partial charge in [-0.3, -0.25) is 9.71 Å². The van der Waals surface area contributed by atoms with E-state index in [4.69, 9.17) is 4.74 Å². The van der Waals surface area contributed by atoms with Crippen LogP contribution in [0.4, 0.5) is 5.69 Å². The molecule has 3 N–H and O–H groups in total. The lowest BCUT2D eigenvalue weighted by atomic mass is 10.1.